The Bertz CT molecular complexity index is 310. The van der Waals surface area contributed by atoms with Crippen LogP contribution < -0.4 is 10.6 Å². The van der Waals surface area contributed by atoms with Gasteiger partial charge in [-0.2, -0.15) is 0 Å². The van der Waals surface area contributed by atoms with Gasteiger partial charge in [0.2, 0.25) is 0 Å². The van der Waals surface area contributed by atoms with Crippen molar-refractivity contribution in [1.29, 1.82) is 0 Å². The van der Waals surface area contributed by atoms with Gasteiger partial charge in [-0.3, -0.25) is 4.79 Å². The third-order valence-electron chi connectivity index (χ3n) is 1.48. The van der Waals surface area contributed by atoms with Crippen LogP contribution in [0.2, 0.25) is 0 Å². The summed E-state index contributed by atoms with van der Waals surface area (Å²) in [6.45, 7) is 0. The Labute approximate surface area is 79.8 Å². The van der Waals surface area contributed by atoms with Crippen molar-refractivity contribution in [3.63, 3.8) is 0 Å². The van der Waals surface area contributed by atoms with Crippen LogP contribution in [-0.4, -0.2) is 30.2 Å². The van der Waals surface area contributed by atoms with Crippen LogP contribution in [0.25, 0.3) is 0 Å². The molecule has 0 aromatic carbocycles. The van der Waals surface area contributed by atoms with Crippen molar-refractivity contribution in [2.45, 2.75) is 6.04 Å². The number of thiazole rings is 1. The predicted molar refractivity (Wildman–Crippen MR) is 51.0 cm³/mol. The van der Waals surface area contributed by atoms with Crippen molar-refractivity contribution in [3.05, 3.63) is 11.1 Å². The number of rotatable bonds is 3. The van der Waals surface area contributed by atoms with Crippen molar-refractivity contribution in [2.24, 2.45) is 5.73 Å². The van der Waals surface area contributed by atoms with Gasteiger partial charge < -0.3 is 15.7 Å². The number of carboxylic acids is 1. The Kier molecular flexibility index (Phi) is 2.84. The van der Waals surface area contributed by atoms with Gasteiger partial charge >= 0.3 is 5.97 Å². The highest BCUT2D eigenvalue weighted by atomic mass is 32.1. The average molecular weight is 201 g/mol. The van der Waals surface area contributed by atoms with Crippen molar-refractivity contribution in [3.8, 4) is 0 Å². The molecular formula is C7H11N3O2S. The van der Waals surface area contributed by atoms with E-state index in [1.807, 2.05) is 19.0 Å². The summed E-state index contributed by atoms with van der Waals surface area (Å²) in [7, 11) is 3.68. The molecule has 13 heavy (non-hydrogen) atoms. The summed E-state index contributed by atoms with van der Waals surface area (Å²) in [5, 5.41) is 11.0. The Morgan fingerprint density at radius 1 is 1.77 bits per heavy atom. The van der Waals surface area contributed by atoms with Gasteiger partial charge in [0.15, 0.2) is 5.13 Å². The first-order valence-corrected chi connectivity index (χ1v) is 4.51. The lowest BCUT2D eigenvalue weighted by Gasteiger charge is -2.06. The second-order valence-electron chi connectivity index (χ2n) is 2.77. The molecule has 0 bridgehead atoms. The molecule has 0 saturated heterocycles. The van der Waals surface area contributed by atoms with Crippen LogP contribution >= 0.6 is 11.3 Å². The Hall–Kier alpha value is -1.14. The van der Waals surface area contributed by atoms with Gasteiger partial charge in [0.25, 0.3) is 0 Å². The second-order valence-corrected chi connectivity index (χ2v) is 3.60. The lowest BCUT2D eigenvalue weighted by atomic mass is 10.2. The van der Waals surface area contributed by atoms with Crippen LogP contribution in [0, 0.1) is 0 Å². The molecule has 0 aliphatic carbocycles. The summed E-state index contributed by atoms with van der Waals surface area (Å²) >= 11 is 1.37. The minimum atomic E-state index is -1.06. The fourth-order valence-electron chi connectivity index (χ4n) is 0.751. The molecule has 1 aromatic rings. The van der Waals surface area contributed by atoms with Crippen molar-refractivity contribution >= 4 is 22.4 Å². The molecule has 0 fully saturated rings. The first-order valence-electron chi connectivity index (χ1n) is 3.63. The molecule has 1 unspecified atom stereocenters. The highest BCUT2D eigenvalue weighted by Crippen LogP contribution is 2.21. The van der Waals surface area contributed by atoms with E-state index in [1.54, 1.807) is 5.38 Å². The van der Waals surface area contributed by atoms with Crippen molar-refractivity contribution < 1.29 is 9.90 Å². The van der Waals surface area contributed by atoms with Gasteiger partial charge in [-0.15, -0.1) is 11.3 Å². The summed E-state index contributed by atoms with van der Waals surface area (Å²) in [4.78, 5) is 16.4. The number of aromatic nitrogens is 1. The number of hydrogen-bond donors (Lipinski definition) is 2. The Morgan fingerprint density at radius 3 is 2.77 bits per heavy atom. The molecule has 72 valence electrons. The first-order chi connectivity index (χ1) is 6.02. The maximum absolute atomic E-state index is 10.5. The fraction of sp³-hybridized carbons (Fsp3) is 0.429. The number of carboxylic acid groups (broad SMARTS) is 1. The van der Waals surface area contributed by atoms with Crippen LogP contribution in [0.3, 0.4) is 0 Å². The molecule has 3 N–H and O–H groups in total. The Morgan fingerprint density at radius 2 is 2.38 bits per heavy atom. The van der Waals surface area contributed by atoms with E-state index < -0.39 is 12.0 Å². The zero-order chi connectivity index (χ0) is 10.0. The van der Waals surface area contributed by atoms with E-state index in [0.29, 0.717) is 5.69 Å². The topological polar surface area (TPSA) is 79.5 Å². The fourth-order valence-corrected chi connectivity index (χ4v) is 1.55. The summed E-state index contributed by atoms with van der Waals surface area (Å²) in [5.41, 5.74) is 5.78. The molecule has 0 saturated carbocycles. The van der Waals surface area contributed by atoms with Crippen LogP contribution in [0.15, 0.2) is 5.38 Å². The summed E-state index contributed by atoms with van der Waals surface area (Å²) in [6, 6.07) is -1.02. The van der Waals surface area contributed by atoms with E-state index in [1.165, 1.54) is 11.3 Å². The van der Waals surface area contributed by atoms with E-state index in [0.717, 1.165) is 5.13 Å². The molecule has 1 rings (SSSR count). The van der Waals surface area contributed by atoms with E-state index in [4.69, 9.17) is 10.8 Å². The van der Waals surface area contributed by atoms with E-state index in [9.17, 15) is 4.79 Å². The third kappa shape index (κ3) is 2.16. The highest BCUT2D eigenvalue weighted by molar-refractivity contribution is 7.13. The number of nitrogens with two attached hydrogens (primary N) is 1. The molecule has 5 nitrogen and oxygen atoms in total. The normalized spacial score (nSPS) is 12.5. The Balaban J connectivity index is 2.85. The highest BCUT2D eigenvalue weighted by Gasteiger charge is 2.17. The van der Waals surface area contributed by atoms with Gasteiger partial charge in [0, 0.05) is 19.5 Å². The lowest BCUT2D eigenvalue weighted by molar-refractivity contribution is -0.138. The molecule has 6 heteroatoms. The summed E-state index contributed by atoms with van der Waals surface area (Å²) in [6.07, 6.45) is 0. The zero-order valence-corrected chi connectivity index (χ0v) is 8.21. The van der Waals surface area contributed by atoms with Crippen LogP contribution in [0.5, 0.6) is 0 Å². The minimum absolute atomic E-state index is 0.404. The molecule has 0 aliphatic rings. The standard InChI is InChI=1S/C7H11N3O2S/c1-10(2)7-9-4(3-13-7)5(8)6(11)12/h3,5H,8H2,1-2H3,(H,11,12). The van der Waals surface area contributed by atoms with Gasteiger partial charge in [-0.05, 0) is 0 Å². The lowest BCUT2D eigenvalue weighted by Crippen LogP contribution is -2.21. The maximum atomic E-state index is 10.5. The molecular weight excluding hydrogens is 190 g/mol. The smallest absolute Gasteiger partial charge is 0.326 e. The number of anilines is 1. The van der Waals surface area contributed by atoms with Crippen LogP contribution in [0.4, 0.5) is 5.13 Å². The minimum Gasteiger partial charge on any atom is -0.480 e. The van der Waals surface area contributed by atoms with Crippen LogP contribution in [-0.2, 0) is 4.79 Å². The van der Waals surface area contributed by atoms with E-state index in [2.05, 4.69) is 4.98 Å². The monoisotopic (exact) mass is 201 g/mol. The largest absolute Gasteiger partial charge is 0.480 e. The maximum Gasteiger partial charge on any atom is 0.326 e. The first kappa shape index (κ1) is 9.94. The predicted octanol–water partition coefficient (Wildman–Crippen LogP) is 0.293. The summed E-state index contributed by atoms with van der Waals surface area (Å²) in [5.74, 6) is -1.06. The molecule has 0 aliphatic heterocycles. The van der Waals surface area contributed by atoms with Gasteiger partial charge in [0.05, 0.1) is 5.69 Å². The van der Waals surface area contributed by atoms with Gasteiger partial charge in [-0.25, -0.2) is 4.98 Å². The molecule has 1 aromatic heterocycles. The zero-order valence-electron chi connectivity index (χ0n) is 7.39. The molecule has 1 atom stereocenters. The molecule has 0 amide bonds. The van der Waals surface area contributed by atoms with Gasteiger partial charge in [-0.1, -0.05) is 0 Å². The van der Waals surface area contributed by atoms with Crippen molar-refractivity contribution in [1.82, 2.24) is 4.98 Å². The molecule has 1 heterocycles. The van der Waals surface area contributed by atoms with Gasteiger partial charge in [0.1, 0.15) is 6.04 Å². The van der Waals surface area contributed by atoms with E-state index >= 15 is 0 Å². The SMILES string of the molecule is CN(C)c1nc(C(N)C(=O)O)cs1. The quantitative estimate of drug-likeness (QED) is 0.735. The van der Waals surface area contributed by atoms with E-state index in [-0.39, 0.29) is 0 Å². The summed E-state index contributed by atoms with van der Waals surface area (Å²) < 4.78 is 0. The number of aliphatic carboxylic acids is 1. The second kappa shape index (κ2) is 3.71. The van der Waals surface area contributed by atoms with Crippen molar-refractivity contribution in [2.75, 3.05) is 19.0 Å². The number of nitrogens with zero attached hydrogens (tertiary/aromatic N) is 2. The average Bonchev–Trinajstić information content (AvgIpc) is 2.50. The number of carbonyl (C=O) groups is 1. The molecule has 0 spiro atoms. The van der Waals surface area contributed by atoms with Crippen LogP contribution in [0.1, 0.15) is 11.7 Å². The molecule has 0 radical (unpaired) electrons. The third-order valence-corrected chi connectivity index (χ3v) is 2.50. The number of hydrogen-bond acceptors (Lipinski definition) is 5.